The summed E-state index contributed by atoms with van der Waals surface area (Å²) in [4.78, 5) is 16.6. The fraction of sp³-hybridized carbons (Fsp3) is 0.316. The molecule has 2 aromatic carbocycles. The van der Waals surface area contributed by atoms with Gasteiger partial charge in [0.15, 0.2) is 0 Å². The van der Waals surface area contributed by atoms with Crippen LogP contribution in [0.25, 0.3) is 0 Å². The van der Waals surface area contributed by atoms with Crippen molar-refractivity contribution in [2.24, 2.45) is 0 Å². The molecule has 1 atom stereocenters. The smallest absolute Gasteiger partial charge is 0.332 e. The van der Waals surface area contributed by atoms with Crippen LogP contribution < -0.4 is 10.8 Å². The van der Waals surface area contributed by atoms with Crippen LogP contribution in [0, 0.1) is 5.82 Å². The van der Waals surface area contributed by atoms with Crippen LogP contribution in [0.15, 0.2) is 53.4 Å². The molecule has 12 heteroatoms. The fourth-order valence-corrected chi connectivity index (χ4v) is 4.48. The summed E-state index contributed by atoms with van der Waals surface area (Å²) < 4.78 is 77.8. The molecule has 31 heavy (non-hydrogen) atoms. The fourth-order valence-electron chi connectivity index (χ4n) is 2.95. The summed E-state index contributed by atoms with van der Waals surface area (Å²) >= 11 is 0. The Morgan fingerprint density at radius 3 is 2.55 bits per heavy atom. The first-order chi connectivity index (χ1) is 14.6. The highest BCUT2D eigenvalue weighted by Crippen LogP contribution is 2.31. The monoisotopic (exact) mass is 461 g/mol. The molecule has 1 fully saturated rings. The van der Waals surface area contributed by atoms with Crippen molar-refractivity contribution in [3.05, 3.63) is 65.5 Å². The average Bonchev–Trinajstić information content (AvgIpc) is 3.21. The van der Waals surface area contributed by atoms with Crippen molar-refractivity contribution in [1.82, 2.24) is 15.1 Å². The molecule has 0 saturated carbocycles. The van der Waals surface area contributed by atoms with Crippen LogP contribution in [0.2, 0.25) is 0 Å². The standard InChI is InChI=1S/C19H19F4N3O4S/c20-15-6-4-13(5-7-15)11-24-18(27)25-30-16-8-9-26(12-16)31(28,29)17-3-1-2-14(10-17)19(21,22)23/h1-7,10,16H,8-9,11-12H2,(H2,24,25,27). The zero-order valence-electron chi connectivity index (χ0n) is 16.0. The predicted octanol–water partition coefficient (Wildman–Crippen LogP) is 3.04. The molecule has 7 nitrogen and oxygen atoms in total. The Bertz CT molecular complexity index is 1030. The Balaban J connectivity index is 1.51. The number of amides is 2. The summed E-state index contributed by atoms with van der Waals surface area (Å²) in [6, 6.07) is 8.35. The van der Waals surface area contributed by atoms with Crippen LogP contribution >= 0.6 is 0 Å². The van der Waals surface area contributed by atoms with Crippen LogP contribution in [0.5, 0.6) is 0 Å². The van der Waals surface area contributed by atoms with Gasteiger partial charge in [0.2, 0.25) is 10.0 Å². The third-order valence-electron chi connectivity index (χ3n) is 4.59. The molecule has 1 saturated heterocycles. The van der Waals surface area contributed by atoms with E-state index in [1.54, 1.807) is 0 Å². The van der Waals surface area contributed by atoms with Gasteiger partial charge in [-0.05, 0) is 42.3 Å². The number of hydroxylamine groups is 1. The number of alkyl halides is 3. The first-order valence-electron chi connectivity index (χ1n) is 9.17. The van der Waals surface area contributed by atoms with Crippen molar-refractivity contribution in [1.29, 1.82) is 0 Å². The molecule has 168 valence electrons. The summed E-state index contributed by atoms with van der Waals surface area (Å²) in [6.07, 6.45) is -5.08. The van der Waals surface area contributed by atoms with E-state index in [9.17, 15) is 30.8 Å². The number of nitrogens with zero attached hydrogens (tertiary/aromatic N) is 1. The molecule has 0 bridgehead atoms. The van der Waals surface area contributed by atoms with E-state index in [1.165, 1.54) is 24.3 Å². The highest BCUT2D eigenvalue weighted by Gasteiger charge is 2.36. The second kappa shape index (κ2) is 9.20. The van der Waals surface area contributed by atoms with Crippen LogP contribution in [0.3, 0.4) is 0 Å². The van der Waals surface area contributed by atoms with Crippen molar-refractivity contribution >= 4 is 16.1 Å². The van der Waals surface area contributed by atoms with E-state index in [0.29, 0.717) is 11.6 Å². The van der Waals surface area contributed by atoms with Crippen molar-refractivity contribution in [2.75, 3.05) is 13.1 Å². The summed E-state index contributed by atoms with van der Waals surface area (Å²) in [5, 5.41) is 2.49. The minimum atomic E-state index is -4.66. The number of nitrogens with one attached hydrogen (secondary N) is 2. The Kier molecular flexibility index (Phi) is 6.82. The van der Waals surface area contributed by atoms with E-state index in [-0.39, 0.29) is 26.1 Å². The zero-order valence-corrected chi connectivity index (χ0v) is 16.8. The molecule has 1 aliphatic heterocycles. The molecule has 1 heterocycles. The first-order valence-corrected chi connectivity index (χ1v) is 10.6. The summed E-state index contributed by atoms with van der Waals surface area (Å²) in [6.45, 7) is 0.0230. The minimum Gasteiger partial charge on any atom is -0.332 e. The van der Waals surface area contributed by atoms with Crippen molar-refractivity contribution in [2.45, 2.75) is 30.1 Å². The van der Waals surface area contributed by atoms with Crippen molar-refractivity contribution < 1.29 is 35.6 Å². The first kappa shape index (κ1) is 23.0. The highest BCUT2D eigenvalue weighted by atomic mass is 32.2. The van der Waals surface area contributed by atoms with E-state index in [2.05, 4.69) is 10.8 Å². The highest BCUT2D eigenvalue weighted by molar-refractivity contribution is 7.89. The largest absolute Gasteiger partial charge is 0.416 e. The maximum absolute atomic E-state index is 12.9. The molecule has 2 amide bonds. The molecule has 0 aliphatic carbocycles. The maximum atomic E-state index is 12.9. The second-order valence-corrected chi connectivity index (χ2v) is 8.77. The number of sulfonamides is 1. The lowest BCUT2D eigenvalue weighted by Crippen LogP contribution is -2.39. The molecule has 2 aromatic rings. The SMILES string of the molecule is O=C(NCc1ccc(F)cc1)NOC1CCN(S(=O)(=O)c2cccc(C(F)(F)F)c2)C1. The Morgan fingerprint density at radius 2 is 1.87 bits per heavy atom. The van der Waals surface area contributed by atoms with E-state index >= 15 is 0 Å². The van der Waals surface area contributed by atoms with Gasteiger partial charge in [-0.15, -0.1) is 0 Å². The van der Waals surface area contributed by atoms with E-state index < -0.39 is 44.6 Å². The average molecular weight is 461 g/mol. The summed E-state index contributed by atoms with van der Waals surface area (Å²) in [5.41, 5.74) is 1.76. The summed E-state index contributed by atoms with van der Waals surface area (Å²) in [5.74, 6) is -0.401. The topological polar surface area (TPSA) is 87.7 Å². The van der Waals surface area contributed by atoms with Gasteiger partial charge >= 0.3 is 12.2 Å². The Hall–Kier alpha value is -2.70. The van der Waals surface area contributed by atoms with Crippen LogP contribution in [-0.2, 0) is 27.6 Å². The van der Waals surface area contributed by atoms with Gasteiger partial charge in [-0.2, -0.15) is 17.5 Å². The van der Waals surface area contributed by atoms with Crippen LogP contribution in [-0.4, -0.2) is 37.9 Å². The Labute approximate surface area is 176 Å². The van der Waals surface area contributed by atoms with Gasteiger partial charge in [-0.3, -0.25) is 4.84 Å². The van der Waals surface area contributed by atoms with Gasteiger partial charge < -0.3 is 5.32 Å². The molecule has 3 rings (SSSR count). The number of carbonyl (C=O) groups is 1. The van der Waals surface area contributed by atoms with Gasteiger partial charge in [0.1, 0.15) is 11.9 Å². The van der Waals surface area contributed by atoms with Gasteiger partial charge in [-0.1, -0.05) is 18.2 Å². The van der Waals surface area contributed by atoms with Crippen molar-refractivity contribution in [3.8, 4) is 0 Å². The lowest BCUT2D eigenvalue weighted by molar-refractivity contribution is -0.137. The number of hydrogen-bond acceptors (Lipinski definition) is 4. The number of benzene rings is 2. The molecule has 0 spiro atoms. The molecular formula is C19H19F4N3O4S. The molecule has 0 radical (unpaired) electrons. The van der Waals surface area contributed by atoms with Gasteiger partial charge in [0.25, 0.3) is 0 Å². The van der Waals surface area contributed by atoms with E-state index in [0.717, 1.165) is 22.5 Å². The lowest BCUT2D eigenvalue weighted by atomic mass is 10.2. The lowest BCUT2D eigenvalue weighted by Gasteiger charge is -2.18. The maximum Gasteiger partial charge on any atom is 0.416 e. The van der Waals surface area contributed by atoms with E-state index in [4.69, 9.17) is 4.84 Å². The molecular weight excluding hydrogens is 442 g/mol. The number of hydrogen-bond donors (Lipinski definition) is 2. The van der Waals surface area contributed by atoms with Crippen molar-refractivity contribution in [3.63, 3.8) is 0 Å². The molecule has 2 N–H and O–H groups in total. The third-order valence-corrected chi connectivity index (χ3v) is 6.45. The van der Waals surface area contributed by atoms with Gasteiger partial charge in [0, 0.05) is 19.6 Å². The van der Waals surface area contributed by atoms with Gasteiger partial charge in [0.05, 0.1) is 10.5 Å². The third kappa shape index (κ3) is 5.93. The Morgan fingerprint density at radius 1 is 1.16 bits per heavy atom. The number of halogens is 4. The normalized spacial score (nSPS) is 17.5. The predicted molar refractivity (Wildman–Crippen MR) is 101 cm³/mol. The van der Waals surface area contributed by atoms with Crippen LogP contribution in [0.1, 0.15) is 17.5 Å². The number of urea groups is 1. The number of rotatable bonds is 6. The molecule has 1 unspecified atom stereocenters. The van der Waals surface area contributed by atoms with Crippen LogP contribution in [0.4, 0.5) is 22.4 Å². The number of carbonyl (C=O) groups excluding carboxylic acids is 1. The molecule has 0 aromatic heterocycles. The molecule has 1 aliphatic rings. The van der Waals surface area contributed by atoms with E-state index in [1.807, 2.05) is 0 Å². The zero-order chi connectivity index (χ0) is 22.6. The second-order valence-electron chi connectivity index (χ2n) is 6.83. The quantitative estimate of drug-likeness (QED) is 0.512. The summed E-state index contributed by atoms with van der Waals surface area (Å²) in [7, 11) is -4.15. The minimum absolute atomic E-state index is 0.0299. The van der Waals surface area contributed by atoms with Gasteiger partial charge in [-0.25, -0.2) is 23.1 Å².